The van der Waals surface area contributed by atoms with Crippen molar-refractivity contribution in [2.75, 3.05) is 11.5 Å². The van der Waals surface area contributed by atoms with E-state index in [1.54, 1.807) is 48.5 Å². The minimum Gasteiger partial charge on any atom is -0.294 e. The molecule has 0 aliphatic rings. The average Bonchev–Trinajstić information content (AvgIpc) is 2.70. The zero-order valence-corrected chi connectivity index (χ0v) is 17.3. The van der Waals surface area contributed by atoms with E-state index in [2.05, 4.69) is 0 Å². The molecule has 0 atom stereocenters. The molecule has 0 aromatic heterocycles. The molecule has 0 aliphatic carbocycles. The smallest absolute Gasteiger partial charge is 0.173 e. The number of ketones is 4. The van der Waals surface area contributed by atoms with Crippen LogP contribution in [0.2, 0.25) is 0 Å². The second kappa shape index (κ2) is 10.8. The van der Waals surface area contributed by atoms with Gasteiger partial charge < -0.3 is 0 Å². The van der Waals surface area contributed by atoms with Gasteiger partial charge in [-0.15, -0.1) is 23.5 Å². The molecule has 144 valence electrons. The fraction of sp³-hybridized carbons (Fsp3) is 0.182. The Morgan fingerprint density at radius 1 is 0.643 bits per heavy atom. The van der Waals surface area contributed by atoms with Gasteiger partial charge in [0.05, 0.1) is 21.3 Å². The van der Waals surface area contributed by atoms with Crippen molar-refractivity contribution in [1.82, 2.24) is 0 Å². The molecule has 0 heterocycles. The fourth-order valence-corrected chi connectivity index (χ4v) is 4.81. The van der Waals surface area contributed by atoms with Crippen LogP contribution < -0.4 is 0 Å². The second-order valence-electron chi connectivity index (χ2n) is 5.93. The Balaban J connectivity index is 2.17. The van der Waals surface area contributed by atoms with Crippen LogP contribution >= 0.6 is 23.5 Å². The van der Waals surface area contributed by atoms with Gasteiger partial charge in [0.15, 0.2) is 23.1 Å². The zero-order chi connectivity index (χ0) is 20.5. The minimum atomic E-state index is -0.373. The molecule has 0 saturated carbocycles. The molecule has 2 aromatic rings. The number of rotatable bonds is 10. The predicted octanol–water partition coefficient (Wildman–Crippen LogP) is 4.61. The molecular formula is C22H20O4S2. The monoisotopic (exact) mass is 412 g/mol. The Bertz CT molecular complexity index is 829. The topological polar surface area (TPSA) is 68.3 Å². The molecule has 0 fully saturated rings. The summed E-state index contributed by atoms with van der Waals surface area (Å²) in [7, 11) is 0. The Morgan fingerprint density at radius 2 is 1.00 bits per heavy atom. The lowest BCUT2D eigenvalue weighted by Gasteiger charge is -2.11. The van der Waals surface area contributed by atoms with Crippen molar-refractivity contribution < 1.29 is 19.2 Å². The molecule has 0 N–H and O–H groups in total. The van der Waals surface area contributed by atoms with Crippen LogP contribution in [0.4, 0.5) is 0 Å². The third-order valence-electron chi connectivity index (χ3n) is 3.77. The maximum absolute atomic E-state index is 12.4. The Morgan fingerprint density at radius 3 is 1.32 bits per heavy atom. The fourth-order valence-electron chi connectivity index (χ4n) is 2.40. The van der Waals surface area contributed by atoms with Crippen molar-refractivity contribution in [1.29, 1.82) is 0 Å². The number of hydrogen-bond acceptors (Lipinski definition) is 6. The van der Waals surface area contributed by atoms with Crippen molar-refractivity contribution >= 4 is 46.7 Å². The first-order valence-electron chi connectivity index (χ1n) is 8.58. The van der Waals surface area contributed by atoms with Gasteiger partial charge in [0.25, 0.3) is 0 Å². The first kappa shape index (κ1) is 21.9. The zero-order valence-electron chi connectivity index (χ0n) is 15.6. The SMILES string of the molecule is CC(=O)C(C(C)=O)=C(SCC(=O)c1ccccc1)SCC(=O)c1ccccc1. The molecule has 0 saturated heterocycles. The van der Waals surface area contributed by atoms with Crippen LogP contribution in [0.5, 0.6) is 0 Å². The lowest BCUT2D eigenvalue weighted by molar-refractivity contribution is -0.119. The molecule has 2 rings (SSSR count). The van der Waals surface area contributed by atoms with Crippen molar-refractivity contribution in [3.05, 3.63) is 81.6 Å². The highest BCUT2D eigenvalue weighted by atomic mass is 32.2. The highest BCUT2D eigenvalue weighted by Gasteiger charge is 2.20. The summed E-state index contributed by atoms with van der Waals surface area (Å²) in [6.07, 6.45) is 0. The van der Waals surface area contributed by atoms with E-state index in [0.29, 0.717) is 15.4 Å². The van der Waals surface area contributed by atoms with Crippen LogP contribution in [-0.4, -0.2) is 34.6 Å². The molecule has 2 aromatic carbocycles. The van der Waals surface area contributed by atoms with Crippen LogP contribution in [0.1, 0.15) is 34.6 Å². The summed E-state index contributed by atoms with van der Waals surface area (Å²) in [5.74, 6) is -0.802. The van der Waals surface area contributed by atoms with E-state index < -0.39 is 0 Å². The van der Waals surface area contributed by atoms with Crippen LogP contribution in [-0.2, 0) is 9.59 Å². The largest absolute Gasteiger partial charge is 0.294 e. The van der Waals surface area contributed by atoms with Crippen LogP contribution in [0.3, 0.4) is 0 Å². The number of hydrogen-bond donors (Lipinski definition) is 0. The summed E-state index contributed by atoms with van der Waals surface area (Å²) >= 11 is 2.25. The number of Topliss-reactive ketones (excluding diaryl/α,β-unsaturated/α-hetero) is 4. The van der Waals surface area contributed by atoms with Crippen LogP contribution in [0.15, 0.2) is 70.5 Å². The summed E-state index contributed by atoms with van der Waals surface area (Å²) in [4.78, 5) is 48.7. The molecular weight excluding hydrogens is 392 g/mol. The molecule has 0 unspecified atom stereocenters. The minimum absolute atomic E-state index is 0.0386. The Kier molecular flexibility index (Phi) is 8.42. The number of thioether (sulfide) groups is 2. The molecule has 28 heavy (non-hydrogen) atoms. The van der Waals surface area contributed by atoms with E-state index in [0.717, 1.165) is 23.5 Å². The van der Waals surface area contributed by atoms with Crippen molar-refractivity contribution in [3.63, 3.8) is 0 Å². The van der Waals surface area contributed by atoms with Gasteiger partial charge in [0.2, 0.25) is 0 Å². The van der Waals surface area contributed by atoms with Crippen LogP contribution in [0.25, 0.3) is 0 Å². The van der Waals surface area contributed by atoms with Crippen molar-refractivity contribution in [3.8, 4) is 0 Å². The van der Waals surface area contributed by atoms with E-state index in [4.69, 9.17) is 0 Å². The van der Waals surface area contributed by atoms with Gasteiger partial charge in [-0.2, -0.15) is 0 Å². The van der Waals surface area contributed by atoms with Gasteiger partial charge in [0, 0.05) is 11.1 Å². The van der Waals surface area contributed by atoms with E-state index >= 15 is 0 Å². The van der Waals surface area contributed by atoms with E-state index in [-0.39, 0.29) is 40.2 Å². The number of carbonyl (C=O) groups is 4. The van der Waals surface area contributed by atoms with Gasteiger partial charge in [-0.1, -0.05) is 60.7 Å². The van der Waals surface area contributed by atoms with Crippen molar-refractivity contribution in [2.24, 2.45) is 0 Å². The highest BCUT2D eigenvalue weighted by Crippen LogP contribution is 2.33. The third-order valence-corrected chi connectivity index (χ3v) is 6.22. The average molecular weight is 413 g/mol. The molecule has 0 amide bonds. The third kappa shape index (κ3) is 6.32. The molecule has 0 bridgehead atoms. The molecule has 6 heteroatoms. The summed E-state index contributed by atoms with van der Waals surface area (Å²) in [5, 5.41) is 0. The highest BCUT2D eigenvalue weighted by molar-refractivity contribution is 8.22. The maximum atomic E-state index is 12.4. The van der Waals surface area contributed by atoms with E-state index in [1.165, 1.54) is 13.8 Å². The van der Waals surface area contributed by atoms with E-state index in [1.807, 2.05) is 12.1 Å². The van der Waals surface area contributed by atoms with E-state index in [9.17, 15) is 19.2 Å². The lowest BCUT2D eigenvalue weighted by Crippen LogP contribution is -2.11. The summed E-state index contributed by atoms with van der Waals surface area (Å²) in [6, 6.07) is 17.6. The maximum Gasteiger partial charge on any atom is 0.173 e. The molecule has 0 spiro atoms. The number of allylic oxidation sites excluding steroid dienone is 1. The first-order chi connectivity index (χ1) is 13.4. The van der Waals surface area contributed by atoms with Gasteiger partial charge in [-0.3, -0.25) is 19.2 Å². The summed E-state index contributed by atoms with van der Waals surface area (Å²) in [6.45, 7) is 2.63. The Labute approximate surface area is 172 Å². The molecule has 0 aliphatic heterocycles. The summed E-state index contributed by atoms with van der Waals surface area (Å²) in [5.41, 5.74) is 1.16. The van der Waals surface area contributed by atoms with Gasteiger partial charge in [-0.25, -0.2) is 0 Å². The standard InChI is InChI=1S/C22H20O4S2/c1-15(23)21(16(2)24)22(27-13-19(25)17-9-5-3-6-10-17)28-14-20(26)18-11-7-4-8-12-18/h3-12H,13-14H2,1-2H3. The second-order valence-corrected chi connectivity index (χ2v) is 8.16. The Hall–Kier alpha value is -2.44. The van der Waals surface area contributed by atoms with Crippen molar-refractivity contribution in [2.45, 2.75) is 13.8 Å². The first-order valence-corrected chi connectivity index (χ1v) is 10.6. The van der Waals surface area contributed by atoms with Gasteiger partial charge >= 0.3 is 0 Å². The number of benzene rings is 2. The molecule has 0 radical (unpaired) electrons. The normalized spacial score (nSPS) is 10.2. The lowest BCUT2D eigenvalue weighted by atomic mass is 10.1. The van der Waals surface area contributed by atoms with Gasteiger partial charge in [0.1, 0.15) is 0 Å². The van der Waals surface area contributed by atoms with Gasteiger partial charge in [-0.05, 0) is 13.8 Å². The van der Waals surface area contributed by atoms with Crippen LogP contribution in [0, 0.1) is 0 Å². The number of carbonyl (C=O) groups excluding carboxylic acids is 4. The predicted molar refractivity (Wildman–Crippen MR) is 115 cm³/mol. The quantitative estimate of drug-likeness (QED) is 0.246. The summed E-state index contributed by atoms with van der Waals surface area (Å²) < 4.78 is 0.411. The molecule has 4 nitrogen and oxygen atoms in total.